The fourth-order valence-corrected chi connectivity index (χ4v) is 2.43. The van der Waals surface area contributed by atoms with Crippen LogP contribution >= 0.6 is 11.8 Å². The van der Waals surface area contributed by atoms with E-state index in [4.69, 9.17) is 11.1 Å². The molecule has 0 saturated heterocycles. The van der Waals surface area contributed by atoms with E-state index >= 15 is 0 Å². The maximum Gasteiger partial charge on any atom is 0.123 e. The molecule has 0 radical (unpaired) electrons. The zero-order valence-corrected chi connectivity index (χ0v) is 10.6. The number of aliphatic hydroxyl groups is 1. The van der Waals surface area contributed by atoms with Crippen molar-refractivity contribution in [2.45, 2.75) is 37.0 Å². The van der Waals surface area contributed by atoms with Gasteiger partial charge in [-0.25, -0.2) is 0 Å². The molecule has 4 heteroatoms. The number of aliphatic hydroxyl groups excluding tert-OH is 1. The number of thioether (sulfide) groups is 1. The third-order valence-corrected chi connectivity index (χ3v) is 4.03. The molecule has 0 heterocycles. The van der Waals surface area contributed by atoms with Gasteiger partial charge in [0.15, 0.2) is 0 Å². The Morgan fingerprint density at radius 2 is 2.06 bits per heavy atom. The van der Waals surface area contributed by atoms with Crippen LogP contribution in [0.4, 0.5) is 0 Å². The first-order valence-corrected chi connectivity index (χ1v) is 6.10. The molecule has 2 unspecified atom stereocenters. The molecule has 1 aromatic carbocycles. The zero-order valence-electron chi connectivity index (χ0n) is 9.82. The van der Waals surface area contributed by atoms with Gasteiger partial charge < -0.3 is 10.8 Å². The van der Waals surface area contributed by atoms with E-state index in [2.05, 4.69) is 0 Å². The van der Waals surface area contributed by atoms with Crippen molar-refractivity contribution < 1.29 is 5.11 Å². The van der Waals surface area contributed by atoms with Crippen LogP contribution < -0.4 is 5.73 Å². The first-order chi connectivity index (χ1) is 7.43. The Bertz CT molecular complexity index is 391. The molecule has 1 rings (SSSR count). The second-order valence-corrected chi connectivity index (χ2v) is 5.32. The molecule has 0 amide bonds. The fraction of sp³-hybridized carbons (Fsp3) is 0.417. The summed E-state index contributed by atoms with van der Waals surface area (Å²) < 4.78 is 0. The van der Waals surface area contributed by atoms with E-state index in [1.54, 1.807) is 18.7 Å². The van der Waals surface area contributed by atoms with Gasteiger partial charge in [0.2, 0.25) is 0 Å². The van der Waals surface area contributed by atoms with Crippen molar-refractivity contribution in [2.24, 2.45) is 5.73 Å². The molecule has 2 atom stereocenters. The van der Waals surface area contributed by atoms with E-state index in [-0.39, 0.29) is 17.2 Å². The second-order valence-electron chi connectivity index (χ2n) is 3.93. The van der Waals surface area contributed by atoms with Crippen LogP contribution in [-0.4, -0.2) is 22.3 Å². The van der Waals surface area contributed by atoms with Crippen molar-refractivity contribution >= 4 is 17.6 Å². The predicted octanol–water partition coefficient (Wildman–Crippen LogP) is 2.14. The highest BCUT2D eigenvalue weighted by Crippen LogP contribution is 2.31. The van der Waals surface area contributed by atoms with Crippen molar-refractivity contribution in [3.05, 3.63) is 29.3 Å². The Morgan fingerprint density at radius 3 is 2.56 bits per heavy atom. The molecule has 88 valence electrons. The molecule has 0 aliphatic heterocycles. The van der Waals surface area contributed by atoms with E-state index in [1.807, 2.05) is 32.0 Å². The first kappa shape index (κ1) is 13.1. The lowest BCUT2D eigenvalue weighted by atomic mass is 10.1. The third-order valence-electron chi connectivity index (χ3n) is 2.49. The number of aryl methyl sites for hydroxylation is 1. The molecule has 0 fully saturated rings. The van der Waals surface area contributed by atoms with Gasteiger partial charge in [-0.15, -0.1) is 11.8 Å². The Kier molecular flexibility index (Phi) is 4.38. The van der Waals surface area contributed by atoms with Gasteiger partial charge in [-0.1, -0.05) is 25.1 Å². The molecule has 0 aliphatic carbocycles. The van der Waals surface area contributed by atoms with Crippen molar-refractivity contribution in [1.29, 1.82) is 5.41 Å². The molecule has 1 aromatic rings. The monoisotopic (exact) mass is 238 g/mol. The minimum atomic E-state index is -0.385. The molecular weight excluding hydrogens is 220 g/mol. The maximum atomic E-state index is 9.50. The highest BCUT2D eigenvalue weighted by molar-refractivity contribution is 8.00. The number of hydrogen-bond donors (Lipinski definition) is 3. The summed E-state index contributed by atoms with van der Waals surface area (Å²) in [6.07, 6.45) is -0.385. The molecule has 3 nitrogen and oxygen atoms in total. The van der Waals surface area contributed by atoms with E-state index in [0.717, 1.165) is 16.0 Å². The summed E-state index contributed by atoms with van der Waals surface area (Å²) in [6.45, 7) is 5.72. The quantitative estimate of drug-likeness (QED) is 0.427. The number of nitrogen functional groups attached to an aromatic ring is 1. The van der Waals surface area contributed by atoms with Crippen LogP contribution in [0.25, 0.3) is 0 Å². The molecule has 0 saturated carbocycles. The second kappa shape index (κ2) is 5.37. The molecular formula is C12H18N2OS. The summed E-state index contributed by atoms with van der Waals surface area (Å²) in [5.41, 5.74) is 7.38. The van der Waals surface area contributed by atoms with Gasteiger partial charge in [0.05, 0.1) is 6.10 Å². The van der Waals surface area contributed by atoms with E-state index < -0.39 is 0 Å². The van der Waals surface area contributed by atoms with Gasteiger partial charge >= 0.3 is 0 Å². The van der Waals surface area contributed by atoms with Crippen LogP contribution in [0.15, 0.2) is 23.1 Å². The number of nitrogens with two attached hydrogens (primary N) is 1. The number of amidine groups is 1. The largest absolute Gasteiger partial charge is 0.392 e. The normalized spacial score (nSPS) is 14.5. The maximum absolute atomic E-state index is 9.50. The lowest BCUT2D eigenvalue weighted by Gasteiger charge is -2.18. The Morgan fingerprint density at radius 1 is 1.44 bits per heavy atom. The Hall–Kier alpha value is -1.00. The van der Waals surface area contributed by atoms with E-state index in [9.17, 15) is 5.11 Å². The highest BCUT2D eigenvalue weighted by atomic mass is 32.2. The van der Waals surface area contributed by atoms with Crippen LogP contribution in [0.5, 0.6) is 0 Å². The van der Waals surface area contributed by atoms with Crippen LogP contribution in [-0.2, 0) is 0 Å². The summed E-state index contributed by atoms with van der Waals surface area (Å²) in [4.78, 5) is 0.989. The highest BCUT2D eigenvalue weighted by Gasteiger charge is 2.15. The summed E-state index contributed by atoms with van der Waals surface area (Å²) in [6, 6.07) is 5.72. The fourth-order valence-electron chi connectivity index (χ4n) is 1.31. The van der Waals surface area contributed by atoms with E-state index in [0.29, 0.717) is 0 Å². The van der Waals surface area contributed by atoms with Crippen LogP contribution in [0, 0.1) is 12.3 Å². The number of rotatable bonds is 4. The topological polar surface area (TPSA) is 70.1 Å². The zero-order chi connectivity index (χ0) is 12.3. The SMILES string of the molecule is Cc1cccc(C(=N)N)c1SC(C)C(C)O. The Balaban J connectivity index is 3.06. The Labute approximate surface area is 101 Å². The van der Waals surface area contributed by atoms with E-state index in [1.165, 1.54) is 0 Å². The van der Waals surface area contributed by atoms with Gasteiger partial charge in [-0.2, -0.15) is 0 Å². The van der Waals surface area contributed by atoms with Gasteiger partial charge in [0.1, 0.15) is 5.84 Å². The van der Waals surface area contributed by atoms with Crippen molar-refractivity contribution in [2.75, 3.05) is 0 Å². The minimum Gasteiger partial charge on any atom is -0.392 e. The summed E-state index contributed by atoms with van der Waals surface area (Å²) >= 11 is 1.56. The van der Waals surface area contributed by atoms with Gasteiger partial charge in [0.25, 0.3) is 0 Å². The minimum absolute atomic E-state index is 0.0731. The standard InChI is InChI=1S/C12H18N2OS/c1-7-5-4-6-10(12(13)14)11(7)16-9(3)8(2)15/h4-6,8-9,15H,1-3H3,(H3,13,14). The predicted molar refractivity (Wildman–Crippen MR) is 69.2 cm³/mol. The summed E-state index contributed by atoms with van der Waals surface area (Å²) in [5.74, 6) is 0.0731. The lowest BCUT2D eigenvalue weighted by molar-refractivity contribution is 0.196. The number of hydrogen-bond acceptors (Lipinski definition) is 3. The first-order valence-electron chi connectivity index (χ1n) is 5.22. The van der Waals surface area contributed by atoms with Crippen LogP contribution in [0.3, 0.4) is 0 Å². The number of nitrogens with one attached hydrogen (secondary N) is 1. The lowest BCUT2D eigenvalue weighted by Crippen LogP contribution is -2.18. The van der Waals surface area contributed by atoms with Crippen LogP contribution in [0.2, 0.25) is 0 Å². The van der Waals surface area contributed by atoms with Crippen molar-refractivity contribution in [1.82, 2.24) is 0 Å². The molecule has 16 heavy (non-hydrogen) atoms. The molecule has 0 spiro atoms. The van der Waals surface area contributed by atoms with Crippen LogP contribution in [0.1, 0.15) is 25.0 Å². The summed E-state index contributed by atoms with van der Waals surface area (Å²) in [7, 11) is 0. The number of benzene rings is 1. The molecule has 0 aromatic heterocycles. The third kappa shape index (κ3) is 3.00. The van der Waals surface area contributed by atoms with Crippen molar-refractivity contribution in [3.8, 4) is 0 Å². The molecule has 4 N–H and O–H groups in total. The van der Waals surface area contributed by atoms with Gasteiger partial charge in [-0.05, 0) is 19.4 Å². The molecule has 0 aliphatic rings. The average molecular weight is 238 g/mol. The summed E-state index contributed by atoms with van der Waals surface area (Å²) in [5, 5.41) is 17.1. The van der Waals surface area contributed by atoms with Gasteiger partial charge in [-0.3, -0.25) is 5.41 Å². The van der Waals surface area contributed by atoms with Gasteiger partial charge in [0, 0.05) is 15.7 Å². The average Bonchev–Trinajstić information content (AvgIpc) is 2.20. The smallest absolute Gasteiger partial charge is 0.123 e. The van der Waals surface area contributed by atoms with Crippen molar-refractivity contribution in [3.63, 3.8) is 0 Å². The molecule has 0 bridgehead atoms.